The van der Waals surface area contributed by atoms with Crippen molar-refractivity contribution in [3.05, 3.63) is 58.4 Å². The molecule has 0 radical (unpaired) electrons. The van der Waals surface area contributed by atoms with Gasteiger partial charge in [-0.15, -0.1) is 0 Å². The summed E-state index contributed by atoms with van der Waals surface area (Å²) in [6, 6.07) is 6.37. The van der Waals surface area contributed by atoms with Crippen molar-refractivity contribution in [2.75, 3.05) is 4.90 Å². The maximum absolute atomic E-state index is 14.4. The van der Waals surface area contributed by atoms with Crippen molar-refractivity contribution in [1.82, 2.24) is 4.98 Å². The summed E-state index contributed by atoms with van der Waals surface area (Å²) < 4.78 is 54.5. The fraction of sp³-hybridized carbons (Fsp3) is 0.250. The molecule has 0 bridgehead atoms. The Labute approximate surface area is 144 Å². The Balaban J connectivity index is 2.06. The Morgan fingerprint density at radius 3 is 2.56 bits per heavy atom. The number of anilines is 1. The van der Waals surface area contributed by atoms with Crippen molar-refractivity contribution in [3.63, 3.8) is 0 Å². The smallest absolute Gasteiger partial charge is 0.352 e. The number of pyridine rings is 1. The number of amides is 1. The van der Waals surface area contributed by atoms with Crippen LogP contribution in [0.5, 0.6) is 0 Å². The Morgan fingerprint density at radius 1 is 1.24 bits per heavy atom. The van der Waals surface area contributed by atoms with Gasteiger partial charge in [-0.3, -0.25) is 4.79 Å². The van der Waals surface area contributed by atoms with Gasteiger partial charge < -0.3 is 10.0 Å². The summed E-state index contributed by atoms with van der Waals surface area (Å²) in [7, 11) is 0. The molecule has 4 nitrogen and oxygen atoms in total. The van der Waals surface area contributed by atoms with E-state index >= 15 is 0 Å². The number of aliphatic hydroxyl groups is 1. The van der Waals surface area contributed by atoms with Gasteiger partial charge in [0.25, 0.3) is 6.43 Å². The zero-order valence-corrected chi connectivity index (χ0v) is 13.2. The Kier molecular flexibility index (Phi) is 4.42. The van der Waals surface area contributed by atoms with Crippen LogP contribution >= 0.6 is 11.6 Å². The second kappa shape index (κ2) is 6.27. The summed E-state index contributed by atoms with van der Waals surface area (Å²) in [6.07, 6.45) is -4.35. The Morgan fingerprint density at radius 2 is 1.96 bits per heavy atom. The number of carbonyl (C=O) groups is 1. The quantitative estimate of drug-likeness (QED) is 0.656. The average Bonchev–Trinajstić information content (AvgIpc) is 2.77. The lowest BCUT2D eigenvalue weighted by Crippen LogP contribution is -2.34. The molecule has 0 spiro atoms. The maximum atomic E-state index is 14.4. The highest BCUT2D eigenvalue weighted by Crippen LogP contribution is 2.48. The summed E-state index contributed by atoms with van der Waals surface area (Å²) >= 11 is 5.66. The first kappa shape index (κ1) is 17.6. The minimum atomic E-state index is -4.01. The molecular formula is C16H11ClF4N2O2. The molecule has 1 atom stereocenters. The highest BCUT2D eigenvalue weighted by molar-refractivity contribution is 6.29. The van der Waals surface area contributed by atoms with Gasteiger partial charge in [0, 0.05) is 6.20 Å². The van der Waals surface area contributed by atoms with Gasteiger partial charge in [-0.05, 0) is 23.3 Å². The first-order chi connectivity index (χ1) is 11.7. The molecule has 25 heavy (non-hydrogen) atoms. The molecule has 0 saturated carbocycles. The number of carbonyl (C=O) groups excluding carboxylic acids is 1. The molecule has 0 aliphatic carbocycles. The third kappa shape index (κ3) is 2.96. The average molecular weight is 375 g/mol. The van der Waals surface area contributed by atoms with Crippen LogP contribution in [0.2, 0.25) is 5.15 Å². The van der Waals surface area contributed by atoms with Crippen LogP contribution < -0.4 is 4.90 Å². The van der Waals surface area contributed by atoms with E-state index in [4.69, 9.17) is 11.6 Å². The topological polar surface area (TPSA) is 53.4 Å². The van der Waals surface area contributed by atoms with Crippen molar-refractivity contribution in [2.45, 2.75) is 25.0 Å². The van der Waals surface area contributed by atoms with Gasteiger partial charge in [0.1, 0.15) is 11.3 Å². The van der Waals surface area contributed by atoms with E-state index in [1.54, 1.807) is 0 Å². The molecule has 0 saturated heterocycles. The summed E-state index contributed by atoms with van der Waals surface area (Å²) in [6.45, 7) is -0.236. The summed E-state index contributed by atoms with van der Waals surface area (Å²) in [5, 5.41) is 9.75. The van der Waals surface area contributed by atoms with Crippen LogP contribution in [-0.2, 0) is 17.3 Å². The Bertz CT molecular complexity index is 814. The normalized spacial score (nSPS) is 17.1. The minimum absolute atomic E-state index is 0.199. The van der Waals surface area contributed by atoms with Gasteiger partial charge in [-0.1, -0.05) is 29.8 Å². The number of hydrogen-bond acceptors (Lipinski definition) is 3. The highest BCUT2D eigenvalue weighted by Gasteiger charge is 2.55. The molecule has 1 aliphatic heterocycles. The molecular weight excluding hydrogens is 364 g/mol. The monoisotopic (exact) mass is 374 g/mol. The maximum Gasteiger partial charge on any atom is 0.352 e. The molecule has 132 valence electrons. The van der Waals surface area contributed by atoms with Crippen molar-refractivity contribution in [2.24, 2.45) is 0 Å². The van der Waals surface area contributed by atoms with Crippen molar-refractivity contribution in [3.8, 4) is 0 Å². The molecule has 1 N–H and O–H groups in total. The molecule has 2 heterocycles. The van der Waals surface area contributed by atoms with Gasteiger partial charge in [-0.25, -0.2) is 13.8 Å². The van der Waals surface area contributed by atoms with Crippen molar-refractivity contribution in [1.29, 1.82) is 0 Å². The van der Waals surface area contributed by atoms with E-state index < -0.39 is 35.5 Å². The largest absolute Gasteiger partial charge is 0.382 e. The zero-order chi connectivity index (χ0) is 18.4. The lowest BCUT2D eigenvalue weighted by molar-refractivity contribution is -0.142. The predicted octanol–water partition coefficient (Wildman–Crippen LogP) is 3.67. The lowest BCUT2D eigenvalue weighted by atomic mass is 9.98. The van der Waals surface area contributed by atoms with Crippen LogP contribution in [0.3, 0.4) is 0 Å². The number of hydrogen-bond donors (Lipinski definition) is 1. The Hall–Kier alpha value is -2.19. The van der Waals surface area contributed by atoms with E-state index in [0.717, 1.165) is 11.0 Å². The van der Waals surface area contributed by atoms with E-state index in [0.29, 0.717) is 5.56 Å². The molecule has 1 aliphatic rings. The number of alkyl halides is 4. The number of aliphatic hydroxyl groups excluding tert-OH is 1. The van der Waals surface area contributed by atoms with Crippen molar-refractivity contribution < 1.29 is 27.5 Å². The second-order valence-electron chi connectivity index (χ2n) is 5.48. The summed E-state index contributed by atoms with van der Waals surface area (Å²) in [5.74, 6) is -5.56. The molecule has 9 heteroatoms. The minimum Gasteiger partial charge on any atom is -0.382 e. The van der Waals surface area contributed by atoms with Crippen LogP contribution in [0.1, 0.15) is 22.8 Å². The summed E-state index contributed by atoms with van der Waals surface area (Å²) in [4.78, 5) is 16.7. The second-order valence-corrected chi connectivity index (χ2v) is 5.86. The number of benzene rings is 1. The first-order valence-electron chi connectivity index (χ1n) is 7.13. The van der Waals surface area contributed by atoms with E-state index in [9.17, 15) is 27.5 Å². The molecule has 1 amide bonds. The molecule has 1 unspecified atom stereocenters. The van der Waals surface area contributed by atoms with E-state index in [2.05, 4.69) is 4.98 Å². The van der Waals surface area contributed by atoms with Gasteiger partial charge in [0.05, 0.1) is 17.8 Å². The van der Waals surface area contributed by atoms with Gasteiger partial charge >= 0.3 is 11.8 Å². The van der Waals surface area contributed by atoms with Gasteiger partial charge in [0.15, 0.2) is 0 Å². The number of aromatic nitrogens is 1. The van der Waals surface area contributed by atoms with Gasteiger partial charge in [0.2, 0.25) is 0 Å². The van der Waals surface area contributed by atoms with Crippen LogP contribution in [0.4, 0.5) is 23.2 Å². The van der Waals surface area contributed by atoms with E-state index in [1.165, 1.54) is 30.5 Å². The molecule has 1 aromatic heterocycles. The summed E-state index contributed by atoms with van der Waals surface area (Å²) in [5.41, 5.74) is -1.35. The van der Waals surface area contributed by atoms with E-state index in [1.807, 2.05) is 0 Å². The third-order valence-electron chi connectivity index (χ3n) is 3.88. The number of halogens is 5. The third-order valence-corrected chi connectivity index (χ3v) is 4.10. The number of nitrogens with zero attached hydrogens (tertiary/aromatic N) is 2. The lowest BCUT2D eigenvalue weighted by Gasteiger charge is -2.18. The van der Waals surface area contributed by atoms with Gasteiger partial charge in [-0.2, -0.15) is 8.78 Å². The highest BCUT2D eigenvalue weighted by atomic mass is 35.5. The van der Waals surface area contributed by atoms with Crippen LogP contribution in [0.25, 0.3) is 0 Å². The SMILES string of the molecule is O=C1N(Cc2ccc(Cl)nc2)c2cccc(C(O)C(F)F)c2C1(F)F. The van der Waals surface area contributed by atoms with E-state index in [-0.39, 0.29) is 17.4 Å². The first-order valence-corrected chi connectivity index (χ1v) is 7.51. The van der Waals surface area contributed by atoms with Crippen LogP contribution in [-0.4, -0.2) is 22.4 Å². The number of rotatable bonds is 4. The zero-order valence-electron chi connectivity index (χ0n) is 12.5. The molecule has 3 rings (SSSR count). The number of fused-ring (bicyclic) bond motifs is 1. The van der Waals surface area contributed by atoms with Crippen LogP contribution in [0.15, 0.2) is 36.5 Å². The fourth-order valence-electron chi connectivity index (χ4n) is 2.73. The molecule has 0 fully saturated rings. The van der Waals surface area contributed by atoms with Crippen molar-refractivity contribution >= 4 is 23.2 Å². The molecule has 1 aromatic carbocycles. The fourth-order valence-corrected chi connectivity index (χ4v) is 2.84. The standard InChI is InChI=1S/C16H11ClF4N2O2/c17-11-5-4-8(6-22-11)7-23-10-3-1-2-9(13(24)14(18)19)12(10)16(20,21)15(23)25/h1-6,13-14,24H,7H2. The predicted molar refractivity (Wildman–Crippen MR) is 81.7 cm³/mol. The van der Waals surface area contributed by atoms with Crippen LogP contribution in [0, 0.1) is 0 Å². The molecule has 2 aromatic rings.